The molecule has 116 valence electrons. The Morgan fingerprint density at radius 2 is 1.95 bits per heavy atom. The summed E-state index contributed by atoms with van der Waals surface area (Å²) in [5.41, 5.74) is 1.10. The quantitative estimate of drug-likeness (QED) is 0.868. The van der Waals surface area contributed by atoms with Crippen molar-refractivity contribution < 1.29 is 4.79 Å². The van der Waals surface area contributed by atoms with E-state index in [1.165, 1.54) is 19.3 Å². The summed E-state index contributed by atoms with van der Waals surface area (Å²) in [5, 5.41) is 7.22. The van der Waals surface area contributed by atoms with Crippen molar-refractivity contribution in [1.29, 1.82) is 0 Å². The Kier molecular flexibility index (Phi) is 6.07. The van der Waals surface area contributed by atoms with E-state index < -0.39 is 0 Å². The third-order valence-corrected chi connectivity index (χ3v) is 4.43. The van der Waals surface area contributed by atoms with Crippen LogP contribution in [0.25, 0.3) is 0 Å². The largest absolute Gasteiger partial charge is 0.352 e. The van der Waals surface area contributed by atoms with Gasteiger partial charge in [-0.25, -0.2) is 0 Å². The number of carbonyl (C=O) groups is 1. The van der Waals surface area contributed by atoms with Crippen LogP contribution in [0.4, 0.5) is 0 Å². The van der Waals surface area contributed by atoms with Crippen LogP contribution in [0.3, 0.4) is 0 Å². The summed E-state index contributed by atoms with van der Waals surface area (Å²) < 4.78 is 0. The van der Waals surface area contributed by atoms with Gasteiger partial charge in [0.25, 0.3) is 0 Å². The summed E-state index contributed by atoms with van der Waals surface area (Å²) in [6.07, 6.45) is 5.98. The van der Waals surface area contributed by atoms with Crippen LogP contribution in [-0.2, 0) is 4.79 Å². The summed E-state index contributed by atoms with van der Waals surface area (Å²) >= 11 is 6.01. The van der Waals surface area contributed by atoms with Crippen LogP contribution >= 0.6 is 11.6 Å². The molecule has 0 aromatic heterocycles. The number of hydrogen-bond acceptors (Lipinski definition) is 2. The highest BCUT2D eigenvalue weighted by molar-refractivity contribution is 6.30. The van der Waals surface area contributed by atoms with Gasteiger partial charge in [0.2, 0.25) is 5.91 Å². The summed E-state index contributed by atoms with van der Waals surface area (Å²) in [5.74, 6) is 0.0933. The van der Waals surface area contributed by atoms with Crippen molar-refractivity contribution in [3.05, 3.63) is 34.9 Å². The molecule has 4 heteroatoms. The Morgan fingerprint density at radius 1 is 1.24 bits per heavy atom. The third kappa shape index (κ3) is 5.01. The van der Waals surface area contributed by atoms with E-state index in [0.717, 1.165) is 23.4 Å². The minimum atomic E-state index is -0.207. The fourth-order valence-corrected chi connectivity index (χ4v) is 3.09. The number of benzene rings is 1. The zero-order chi connectivity index (χ0) is 15.2. The lowest BCUT2D eigenvalue weighted by Gasteiger charge is -2.26. The van der Waals surface area contributed by atoms with Gasteiger partial charge in [-0.15, -0.1) is 0 Å². The van der Waals surface area contributed by atoms with Crippen LogP contribution < -0.4 is 10.6 Å². The molecule has 1 amide bonds. The number of rotatable bonds is 5. The van der Waals surface area contributed by atoms with Crippen LogP contribution in [0.1, 0.15) is 57.6 Å². The van der Waals surface area contributed by atoms with Crippen LogP contribution in [0.2, 0.25) is 5.02 Å². The maximum atomic E-state index is 12.2. The molecule has 2 rings (SSSR count). The van der Waals surface area contributed by atoms with Crippen LogP contribution in [-0.4, -0.2) is 18.0 Å². The SMILES string of the molecule is CC(N[C@@H](C)c1cccc(Cl)c1)C(=O)NC1CCCCC1. The first-order chi connectivity index (χ1) is 10.1. The molecule has 21 heavy (non-hydrogen) atoms. The molecule has 1 aromatic rings. The molecule has 1 unspecified atom stereocenters. The Hall–Kier alpha value is -1.06. The monoisotopic (exact) mass is 308 g/mol. The van der Waals surface area contributed by atoms with Crippen molar-refractivity contribution in [2.24, 2.45) is 0 Å². The van der Waals surface area contributed by atoms with Crippen molar-refractivity contribution in [2.45, 2.75) is 64.1 Å². The molecular weight excluding hydrogens is 284 g/mol. The highest BCUT2D eigenvalue weighted by Gasteiger charge is 2.20. The van der Waals surface area contributed by atoms with Gasteiger partial charge in [-0.2, -0.15) is 0 Å². The van der Waals surface area contributed by atoms with Gasteiger partial charge in [0.05, 0.1) is 6.04 Å². The minimum absolute atomic E-state index is 0.0933. The molecule has 2 atom stereocenters. The predicted octanol–water partition coefficient (Wildman–Crippen LogP) is 3.83. The molecule has 0 spiro atoms. The van der Waals surface area contributed by atoms with Gasteiger partial charge in [0, 0.05) is 17.1 Å². The number of amides is 1. The van der Waals surface area contributed by atoms with Crippen molar-refractivity contribution in [3.8, 4) is 0 Å². The summed E-state index contributed by atoms with van der Waals surface area (Å²) in [7, 11) is 0. The first-order valence-corrected chi connectivity index (χ1v) is 8.26. The summed E-state index contributed by atoms with van der Waals surface area (Å²) in [4.78, 5) is 12.2. The Bertz CT molecular complexity index is 472. The third-order valence-electron chi connectivity index (χ3n) is 4.19. The van der Waals surface area contributed by atoms with Crippen molar-refractivity contribution in [1.82, 2.24) is 10.6 Å². The van der Waals surface area contributed by atoms with E-state index in [4.69, 9.17) is 11.6 Å². The number of nitrogens with one attached hydrogen (secondary N) is 2. The molecule has 1 saturated carbocycles. The average Bonchev–Trinajstić information content (AvgIpc) is 2.48. The normalized spacial score (nSPS) is 19.0. The van der Waals surface area contributed by atoms with Gasteiger partial charge in [-0.3, -0.25) is 10.1 Å². The topological polar surface area (TPSA) is 41.1 Å². The van der Waals surface area contributed by atoms with E-state index in [9.17, 15) is 4.79 Å². The van der Waals surface area contributed by atoms with E-state index in [1.807, 2.05) is 31.2 Å². The second-order valence-electron chi connectivity index (χ2n) is 6.01. The highest BCUT2D eigenvalue weighted by Crippen LogP contribution is 2.19. The molecule has 2 N–H and O–H groups in total. The molecule has 0 aliphatic heterocycles. The van der Waals surface area contributed by atoms with Gasteiger partial charge >= 0.3 is 0 Å². The van der Waals surface area contributed by atoms with Crippen LogP contribution in [0, 0.1) is 0 Å². The van der Waals surface area contributed by atoms with Gasteiger partial charge in [0.1, 0.15) is 0 Å². The fourth-order valence-electron chi connectivity index (χ4n) is 2.90. The molecule has 1 aromatic carbocycles. The van der Waals surface area contributed by atoms with Crippen molar-refractivity contribution in [3.63, 3.8) is 0 Å². The second-order valence-corrected chi connectivity index (χ2v) is 6.45. The molecule has 3 nitrogen and oxygen atoms in total. The maximum absolute atomic E-state index is 12.2. The molecule has 1 aliphatic carbocycles. The predicted molar refractivity (Wildman–Crippen MR) is 87.5 cm³/mol. The maximum Gasteiger partial charge on any atom is 0.237 e. The lowest BCUT2D eigenvalue weighted by molar-refractivity contribution is -0.123. The van der Waals surface area contributed by atoms with Gasteiger partial charge in [-0.05, 0) is 44.4 Å². The Labute approximate surface area is 132 Å². The molecule has 0 radical (unpaired) electrons. The fraction of sp³-hybridized carbons (Fsp3) is 0.588. The summed E-state index contributed by atoms with van der Waals surface area (Å²) in [6, 6.07) is 7.99. The van der Waals surface area contributed by atoms with Gasteiger partial charge in [-0.1, -0.05) is 43.0 Å². The van der Waals surface area contributed by atoms with Gasteiger partial charge < -0.3 is 5.32 Å². The van der Waals surface area contributed by atoms with Crippen LogP contribution in [0.15, 0.2) is 24.3 Å². The number of carbonyl (C=O) groups excluding carboxylic acids is 1. The van der Waals surface area contributed by atoms with Crippen LogP contribution in [0.5, 0.6) is 0 Å². The standard InChI is InChI=1S/C17H25ClN2O/c1-12(14-7-6-8-15(18)11-14)19-13(2)17(21)20-16-9-4-3-5-10-16/h6-8,11-13,16,19H,3-5,9-10H2,1-2H3,(H,20,21)/t12-,13?/m0/s1. The Balaban J connectivity index is 1.84. The molecular formula is C17H25ClN2O. The number of hydrogen-bond donors (Lipinski definition) is 2. The van der Waals surface area contributed by atoms with Crippen molar-refractivity contribution in [2.75, 3.05) is 0 Å². The minimum Gasteiger partial charge on any atom is -0.352 e. The lowest BCUT2D eigenvalue weighted by atomic mass is 9.95. The Morgan fingerprint density at radius 3 is 2.62 bits per heavy atom. The zero-order valence-electron chi connectivity index (χ0n) is 12.9. The molecule has 0 bridgehead atoms. The van der Waals surface area contributed by atoms with E-state index in [-0.39, 0.29) is 18.0 Å². The first kappa shape index (κ1) is 16.3. The first-order valence-electron chi connectivity index (χ1n) is 7.88. The molecule has 0 saturated heterocycles. The smallest absolute Gasteiger partial charge is 0.237 e. The van der Waals surface area contributed by atoms with Crippen molar-refractivity contribution >= 4 is 17.5 Å². The number of halogens is 1. The van der Waals surface area contributed by atoms with E-state index in [1.54, 1.807) is 0 Å². The molecule has 0 heterocycles. The molecule has 1 aliphatic rings. The van der Waals surface area contributed by atoms with Gasteiger partial charge in [0.15, 0.2) is 0 Å². The highest BCUT2D eigenvalue weighted by atomic mass is 35.5. The summed E-state index contributed by atoms with van der Waals surface area (Å²) in [6.45, 7) is 3.97. The zero-order valence-corrected chi connectivity index (χ0v) is 13.6. The molecule has 1 fully saturated rings. The average molecular weight is 309 g/mol. The van der Waals surface area contributed by atoms with E-state index in [2.05, 4.69) is 17.6 Å². The lowest BCUT2D eigenvalue weighted by Crippen LogP contribution is -2.47. The van der Waals surface area contributed by atoms with E-state index >= 15 is 0 Å². The van der Waals surface area contributed by atoms with E-state index in [0.29, 0.717) is 6.04 Å². The second kappa shape index (κ2) is 7.81.